The number of thioether (sulfide) groups is 1. The van der Waals surface area contributed by atoms with Crippen LogP contribution < -0.4 is 0 Å². The van der Waals surface area contributed by atoms with E-state index in [-0.39, 0.29) is 0 Å². The molecule has 1 atom stereocenters. The van der Waals surface area contributed by atoms with Crippen LogP contribution in [0.3, 0.4) is 0 Å². The second-order valence-electron chi connectivity index (χ2n) is 3.48. The van der Waals surface area contributed by atoms with E-state index in [1.165, 1.54) is 18.6 Å². The number of hydrogen-bond donors (Lipinski definition) is 0. The van der Waals surface area contributed by atoms with Gasteiger partial charge in [0.2, 0.25) is 0 Å². The molecular weight excluding hydrogens is 168 g/mol. The minimum Gasteiger partial charge on any atom is -0.299 e. The minimum atomic E-state index is 0.409. The fourth-order valence-electron chi connectivity index (χ4n) is 1.54. The first kappa shape index (κ1) is 10.1. The Kier molecular flexibility index (Phi) is 4.74. The molecule has 70 valence electrons. The summed E-state index contributed by atoms with van der Waals surface area (Å²) < 4.78 is 0. The number of carbonyl (C=O) groups is 1. The summed E-state index contributed by atoms with van der Waals surface area (Å²) in [6.45, 7) is 2.18. The summed E-state index contributed by atoms with van der Waals surface area (Å²) in [5.41, 5.74) is 0. The molecule has 0 N–H and O–H groups in total. The fraction of sp³-hybridized carbons (Fsp3) is 0.900. The summed E-state index contributed by atoms with van der Waals surface area (Å²) in [6, 6.07) is 0. The van der Waals surface area contributed by atoms with Gasteiger partial charge >= 0.3 is 0 Å². The number of Topliss-reactive ketones (excluding diaryl/α,β-unsaturated/α-hetero) is 1. The average Bonchev–Trinajstić information content (AvgIpc) is 2.56. The summed E-state index contributed by atoms with van der Waals surface area (Å²) in [5, 5.41) is 0. The molecule has 1 aliphatic rings. The van der Waals surface area contributed by atoms with E-state index in [1.807, 2.05) is 11.8 Å². The largest absolute Gasteiger partial charge is 0.299 e. The van der Waals surface area contributed by atoms with E-state index in [9.17, 15) is 4.79 Å². The summed E-state index contributed by atoms with van der Waals surface area (Å²) in [5.74, 6) is 3.22. The Bertz CT molecular complexity index is 139. The molecule has 12 heavy (non-hydrogen) atoms. The molecule has 0 bridgehead atoms. The quantitative estimate of drug-likeness (QED) is 0.614. The van der Waals surface area contributed by atoms with Crippen LogP contribution in [0.2, 0.25) is 0 Å². The van der Waals surface area contributed by atoms with Gasteiger partial charge < -0.3 is 0 Å². The van der Waals surface area contributed by atoms with Gasteiger partial charge in [-0.25, -0.2) is 0 Å². The normalized spacial score (nSPS) is 22.9. The predicted octanol–water partition coefficient (Wildman–Crippen LogP) is 2.89. The molecule has 1 rings (SSSR count). The van der Waals surface area contributed by atoms with E-state index in [1.54, 1.807) is 0 Å². The molecule has 0 aromatic rings. The topological polar surface area (TPSA) is 17.1 Å². The second kappa shape index (κ2) is 5.63. The highest BCUT2D eigenvalue weighted by Crippen LogP contribution is 2.25. The molecule has 1 aliphatic heterocycles. The highest BCUT2D eigenvalue weighted by atomic mass is 32.2. The lowest BCUT2D eigenvalue weighted by atomic mass is 9.99. The Hall–Kier alpha value is 0.0200. The number of carbonyl (C=O) groups excluding carboxylic acids is 1. The Morgan fingerprint density at radius 2 is 2.33 bits per heavy atom. The van der Waals surface area contributed by atoms with Gasteiger partial charge in [-0.1, -0.05) is 19.8 Å². The minimum absolute atomic E-state index is 0.409. The molecule has 1 saturated heterocycles. The second-order valence-corrected chi connectivity index (χ2v) is 4.63. The highest BCUT2D eigenvalue weighted by Gasteiger charge is 2.21. The van der Waals surface area contributed by atoms with Crippen molar-refractivity contribution in [1.82, 2.24) is 0 Å². The Morgan fingerprint density at radius 3 is 2.92 bits per heavy atom. The van der Waals surface area contributed by atoms with Crippen LogP contribution >= 0.6 is 11.8 Å². The average molecular weight is 186 g/mol. The zero-order chi connectivity index (χ0) is 8.81. The van der Waals surface area contributed by atoms with Gasteiger partial charge in [0.15, 0.2) is 0 Å². The molecule has 0 aromatic heterocycles. The smallest absolute Gasteiger partial charge is 0.136 e. The molecule has 1 unspecified atom stereocenters. The van der Waals surface area contributed by atoms with Crippen LogP contribution in [-0.4, -0.2) is 17.3 Å². The molecule has 0 aliphatic carbocycles. The van der Waals surface area contributed by atoms with Crippen molar-refractivity contribution >= 4 is 17.5 Å². The molecule has 1 nitrogen and oxygen atoms in total. The molecular formula is C10H18OS. The van der Waals surface area contributed by atoms with Crippen molar-refractivity contribution < 1.29 is 4.79 Å². The van der Waals surface area contributed by atoms with Crippen molar-refractivity contribution in [2.75, 3.05) is 11.5 Å². The summed E-state index contributed by atoms with van der Waals surface area (Å²) >= 11 is 1.93. The lowest BCUT2D eigenvalue weighted by molar-refractivity contribution is -0.122. The molecule has 2 heteroatoms. The van der Waals surface area contributed by atoms with Crippen LogP contribution in [0.15, 0.2) is 0 Å². The molecule has 1 heterocycles. The molecule has 0 aromatic carbocycles. The van der Waals surface area contributed by atoms with E-state index in [0.29, 0.717) is 11.7 Å². The van der Waals surface area contributed by atoms with E-state index >= 15 is 0 Å². The monoisotopic (exact) mass is 186 g/mol. The van der Waals surface area contributed by atoms with Crippen LogP contribution in [0.5, 0.6) is 0 Å². The first-order valence-corrected chi connectivity index (χ1v) is 6.10. The van der Waals surface area contributed by atoms with Gasteiger partial charge in [0, 0.05) is 18.1 Å². The van der Waals surface area contributed by atoms with E-state index in [4.69, 9.17) is 0 Å². The third-order valence-electron chi connectivity index (χ3n) is 2.41. The van der Waals surface area contributed by atoms with E-state index in [0.717, 1.165) is 25.0 Å². The molecule has 0 amide bonds. The van der Waals surface area contributed by atoms with Crippen LogP contribution in [0.1, 0.15) is 39.0 Å². The van der Waals surface area contributed by atoms with Crippen molar-refractivity contribution in [3.8, 4) is 0 Å². The van der Waals surface area contributed by atoms with E-state index in [2.05, 4.69) is 6.92 Å². The first-order chi connectivity index (χ1) is 5.84. The zero-order valence-corrected chi connectivity index (χ0v) is 8.66. The van der Waals surface area contributed by atoms with Crippen LogP contribution in [0.25, 0.3) is 0 Å². The molecule has 0 radical (unpaired) electrons. The fourth-order valence-corrected chi connectivity index (χ4v) is 2.80. The number of hydrogen-bond acceptors (Lipinski definition) is 2. The number of ketones is 1. The Labute approximate surface area is 79.3 Å². The maximum absolute atomic E-state index is 11.5. The summed E-state index contributed by atoms with van der Waals surface area (Å²) in [4.78, 5) is 11.5. The van der Waals surface area contributed by atoms with Gasteiger partial charge in [-0.15, -0.1) is 0 Å². The lowest BCUT2D eigenvalue weighted by Crippen LogP contribution is -2.12. The van der Waals surface area contributed by atoms with Crippen molar-refractivity contribution in [1.29, 1.82) is 0 Å². The van der Waals surface area contributed by atoms with Gasteiger partial charge in [0.1, 0.15) is 5.78 Å². The number of unbranched alkanes of at least 4 members (excludes halogenated alkanes) is 2. The van der Waals surface area contributed by atoms with Crippen molar-refractivity contribution in [2.24, 2.45) is 5.92 Å². The molecule has 1 fully saturated rings. The highest BCUT2D eigenvalue weighted by molar-refractivity contribution is 7.99. The zero-order valence-electron chi connectivity index (χ0n) is 7.84. The maximum atomic E-state index is 11.5. The summed E-state index contributed by atoms with van der Waals surface area (Å²) in [6.07, 6.45) is 5.50. The molecule has 0 saturated carbocycles. The van der Waals surface area contributed by atoms with Crippen molar-refractivity contribution in [2.45, 2.75) is 39.0 Å². The number of rotatable bonds is 5. The van der Waals surface area contributed by atoms with E-state index < -0.39 is 0 Å². The van der Waals surface area contributed by atoms with Crippen molar-refractivity contribution in [3.63, 3.8) is 0 Å². The maximum Gasteiger partial charge on any atom is 0.136 e. The van der Waals surface area contributed by atoms with Gasteiger partial charge in [-0.2, -0.15) is 11.8 Å². The SMILES string of the molecule is CCCCCC(=O)C1CCSC1. The summed E-state index contributed by atoms with van der Waals surface area (Å²) in [7, 11) is 0. The van der Waals surface area contributed by atoms with Crippen LogP contribution in [-0.2, 0) is 4.79 Å². The lowest BCUT2D eigenvalue weighted by Gasteiger charge is -2.05. The Balaban J connectivity index is 2.10. The van der Waals surface area contributed by atoms with Crippen LogP contribution in [0.4, 0.5) is 0 Å². The standard InChI is InChI=1S/C10H18OS/c1-2-3-4-5-10(11)9-6-7-12-8-9/h9H,2-8H2,1H3. The third kappa shape index (κ3) is 3.18. The third-order valence-corrected chi connectivity index (χ3v) is 3.57. The van der Waals surface area contributed by atoms with Crippen molar-refractivity contribution in [3.05, 3.63) is 0 Å². The van der Waals surface area contributed by atoms with Crippen LogP contribution in [0, 0.1) is 5.92 Å². The van der Waals surface area contributed by atoms with Gasteiger partial charge in [-0.3, -0.25) is 4.79 Å². The van der Waals surface area contributed by atoms with Gasteiger partial charge in [-0.05, 0) is 18.6 Å². The van der Waals surface area contributed by atoms with Gasteiger partial charge in [0.25, 0.3) is 0 Å². The molecule has 0 spiro atoms. The first-order valence-electron chi connectivity index (χ1n) is 4.95. The Morgan fingerprint density at radius 1 is 1.50 bits per heavy atom. The van der Waals surface area contributed by atoms with Gasteiger partial charge in [0.05, 0.1) is 0 Å². The predicted molar refractivity (Wildman–Crippen MR) is 54.6 cm³/mol.